The summed E-state index contributed by atoms with van der Waals surface area (Å²) in [5, 5.41) is 2.59. The summed E-state index contributed by atoms with van der Waals surface area (Å²) >= 11 is 3.41. The van der Waals surface area contributed by atoms with E-state index in [9.17, 15) is 18.0 Å². The van der Waals surface area contributed by atoms with E-state index in [-0.39, 0.29) is 17.3 Å². The van der Waals surface area contributed by atoms with Gasteiger partial charge in [0.1, 0.15) is 12.6 Å². The van der Waals surface area contributed by atoms with Crippen LogP contribution in [0.1, 0.15) is 29.2 Å². The molecule has 9 heteroatoms. The molecule has 1 atom stereocenters. The minimum atomic E-state index is -4.09. The summed E-state index contributed by atoms with van der Waals surface area (Å²) in [5.41, 5.74) is 3.81. The van der Waals surface area contributed by atoms with Crippen molar-refractivity contribution in [2.24, 2.45) is 0 Å². The molecule has 0 spiro atoms. The molecule has 3 rings (SSSR count). The van der Waals surface area contributed by atoms with E-state index in [1.54, 1.807) is 43.3 Å². The Kier molecular flexibility index (Phi) is 9.15. The van der Waals surface area contributed by atoms with Crippen molar-refractivity contribution in [2.45, 2.75) is 45.2 Å². The van der Waals surface area contributed by atoms with Crippen molar-refractivity contribution >= 4 is 43.5 Å². The number of hydrogen-bond acceptors (Lipinski definition) is 4. The number of nitrogens with one attached hydrogen (secondary N) is 1. The highest BCUT2D eigenvalue weighted by Crippen LogP contribution is 2.29. The average Bonchev–Trinajstić information content (AvgIpc) is 2.88. The van der Waals surface area contributed by atoms with Crippen LogP contribution in [0.25, 0.3) is 0 Å². The standard InChI is InChI=1S/C28H32BrN3O4S/c1-19-9-15-25(16-10-19)37(35,36)32(26-8-6-7-20(2)21(26)3)18-27(33)31(22(4)28(34)30-5)17-23-11-13-24(29)14-12-23/h6-16,22H,17-18H2,1-5H3,(H,30,34)/t22-/m0/s1. The van der Waals surface area contributed by atoms with Gasteiger partial charge in [-0.3, -0.25) is 13.9 Å². The number of rotatable bonds is 9. The van der Waals surface area contributed by atoms with Gasteiger partial charge in [0.25, 0.3) is 10.0 Å². The zero-order chi connectivity index (χ0) is 27.3. The Hall–Kier alpha value is -3.17. The van der Waals surface area contributed by atoms with E-state index in [1.807, 2.05) is 51.1 Å². The lowest BCUT2D eigenvalue weighted by molar-refractivity contribution is -0.139. The third-order valence-corrected chi connectivity index (χ3v) is 8.72. The van der Waals surface area contributed by atoms with E-state index < -0.39 is 28.5 Å². The van der Waals surface area contributed by atoms with E-state index in [1.165, 1.54) is 11.9 Å². The van der Waals surface area contributed by atoms with E-state index >= 15 is 0 Å². The van der Waals surface area contributed by atoms with Crippen LogP contribution in [0.3, 0.4) is 0 Å². The summed E-state index contributed by atoms with van der Waals surface area (Å²) in [7, 11) is -2.58. The molecule has 0 bridgehead atoms. The van der Waals surface area contributed by atoms with Crippen molar-refractivity contribution in [1.82, 2.24) is 10.2 Å². The largest absolute Gasteiger partial charge is 0.357 e. The maximum absolute atomic E-state index is 13.9. The molecule has 0 radical (unpaired) electrons. The molecule has 7 nitrogen and oxygen atoms in total. The molecule has 196 valence electrons. The third kappa shape index (κ3) is 6.59. The molecular weight excluding hydrogens is 554 g/mol. The summed E-state index contributed by atoms with van der Waals surface area (Å²) in [5.74, 6) is -0.833. The number of benzene rings is 3. The second-order valence-corrected chi connectivity index (χ2v) is 11.8. The molecular formula is C28H32BrN3O4S. The quantitative estimate of drug-likeness (QED) is 0.393. The smallest absolute Gasteiger partial charge is 0.264 e. The molecule has 0 aliphatic heterocycles. The van der Waals surface area contributed by atoms with Crippen molar-refractivity contribution in [3.63, 3.8) is 0 Å². The van der Waals surface area contributed by atoms with E-state index in [0.717, 1.165) is 31.0 Å². The first-order valence-electron chi connectivity index (χ1n) is 11.9. The second-order valence-electron chi connectivity index (χ2n) is 8.98. The van der Waals surface area contributed by atoms with Crippen molar-refractivity contribution in [2.75, 3.05) is 17.9 Å². The van der Waals surface area contributed by atoms with Crippen LogP contribution in [0.5, 0.6) is 0 Å². The van der Waals surface area contributed by atoms with Gasteiger partial charge in [0.2, 0.25) is 11.8 Å². The molecule has 0 heterocycles. The Balaban J connectivity index is 2.07. The molecule has 0 unspecified atom stereocenters. The normalized spacial score (nSPS) is 12.1. The van der Waals surface area contributed by atoms with Crippen LogP contribution < -0.4 is 9.62 Å². The van der Waals surface area contributed by atoms with Gasteiger partial charge in [-0.05, 0) is 74.7 Å². The first-order valence-corrected chi connectivity index (χ1v) is 14.1. The number of anilines is 1. The van der Waals surface area contributed by atoms with E-state index in [4.69, 9.17) is 0 Å². The van der Waals surface area contributed by atoms with E-state index in [2.05, 4.69) is 21.2 Å². The SMILES string of the molecule is CNC(=O)[C@H](C)N(Cc1ccc(Br)cc1)C(=O)CN(c1cccc(C)c1C)S(=O)(=O)c1ccc(C)cc1. The minimum Gasteiger partial charge on any atom is -0.357 e. The van der Waals surface area contributed by atoms with Crippen LogP contribution in [0.4, 0.5) is 5.69 Å². The number of carbonyl (C=O) groups excluding carboxylic acids is 2. The van der Waals surface area contributed by atoms with Crippen LogP contribution in [0.15, 0.2) is 76.1 Å². The van der Waals surface area contributed by atoms with Gasteiger partial charge in [0.15, 0.2) is 0 Å². The number of hydrogen-bond donors (Lipinski definition) is 1. The summed E-state index contributed by atoms with van der Waals surface area (Å²) in [4.78, 5) is 27.9. The van der Waals surface area contributed by atoms with Gasteiger partial charge < -0.3 is 10.2 Å². The van der Waals surface area contributed by atoms with Gasteiger partial charge in [0, 0.05) is 18.1 Å². The van der Waals surface area contributed by atoms with Crippen LogP contribution >= 0.6 is 15.9 Å². The van der Waals surface area contributed by atoms with Crippen molar-refractivity contribution in [1.29, 1.82) is 0 Å². The molecule has 3 aromatic carbocycles. The van der Waals surface area contributed by atoms with Crippen molar-refractivity contribution < 1.29 is 18.0 Å². The van der Waals surface area contributed by atoms with Crippen LogP contribution in [-0.2, 0) is 26.2 Å². The molecule has 0 fully saturated rings. The van der Waals surface area contributed by atoms with Crippen LogP contribution in [-0.4, -0.2) is 44.8 Å². The number of carbonyl (C=O) groups is 2. The molecule has 0 aliphatic rings. The summed E-state index contributed by atoms with van der Waals surface area (Å²) in [6, 6.07) is 18.5. The van der Waals surface area contributed by atoms with Gasteiger partial charge in [-0.2, -0.15) is 0 Å². The maximum Gasteiger partial charge on any atom is 0.264 e. The fourth-order valence-corrected chi connectivity index (χ4v) is 5.67. The first kappa shape index (κ1) is 28.4. The monoisotopic (exact) mass is 585 g/mol. The Bertz CT molecular complexity index is 1370. The lowest BCUT2D eigenvalue weighted by Gasteiger charge is -2.32. The van der Waals surface area contributed by atoms with Gasteiger partial charge in [-0.1, -0.05) is 57.9 Å². The number of nitrogens with zero attached hydrogens (tertiary/aromatic N) is 2. The maximum atomic E-state index is 13.9. The number of halogens is 1. The van der Waals surface area contributed by atoms with E-state index in [0.29, 0.717) is 5.69 Å². The average molecular weight is 587 g/mol. The third-order valence-electron chi connectivity index (χ3n) is 6.41. The van der Waals surface area contributed by atoms with Gasteiger partial charge in [0.05, 0.1) is 10.6 Å². The number of aryl methyl sites for hydroxylation is 2. The molecule has 0 aromatic heterocycles. The van der Waals surface area contributed by atoms with Crippen LogP contribution in [0.2, 0.25) is 0 Å². The fraction of sp³-hybridized carbons (Fsp3) is 0.286. The van der Waals surface area contributed by atoms with Crippen molar-refractivity contribution in [3.05, 3.63) is 93.5 Å². The number of sulfonamides is 1. The molecule has 0 saturated heterocycles. The lowest BCUT2D eigenvalue weighted by atomic mass is 10.1. The molecule has 2 amide bonds. The second kappa shape index (κ2) is 11.9. The van der Waals surface area contributed by atoms with Crippen molar-refractivity contribution in [3.8, 4) is 0 Å². The highest BCUT2D eigenvalue weighted by atomic mass is 79.9. The molecule has 37 heavy (non-hydrogen) atoms. The zero-order valence-corrected chi connectivity index (χ0v) is 24.1. The molecule has 1 N–H and O–H groups in total. The predicted octanol–water partition coefficient (Wildman–Crippen LogP) is 4.73. The molecule has 3 aromatic rings. The topological polar surface area (TPSA) is 86.8 Å². The van der Waals surface area contributed by atoms with Gasteiger partial charge >= 0.3 is 0 Å². The Morgan fingerprint density at radius 1 is 0.946 bits per heavy atom. The summed E-state index contributed by atoms with van der Waals surface area (Å²) in [6.07, 6.45) is 0. The van der Waals surface area contributed by atoms with Gasteiger partial charge in [-0.15, -0.1) is 0 Å². The number of likely N-dealkylation sites (N-methyl/N-ethyl adjacent to an activating group) is 1. The Labute approximate surface area is 227 Å². The highest BCUT2D eigenvalue weighted by Gasteiger charge is 2.33. The Morgan fingerprint density at radius 2 is 1.57 bits per heavy atom. The summed E-state index contributed by atoms with van der Waals surface area (Å²) < 4.78 is 29.8. The first-order chi connectivity index (χ1) is 17.4. The lowest BCUT2D eigenvalue weighted by Crippen LogP contribution is -2.50. The number of amides is 2. The van der Waals surface area contributed by atoms with Gasteiger partial charge in [-0.25, -0.2) is 8.42 Å². The summed E-state index contributed by atoms with van der Waals surface area (Å²) in [6.45, 7) is 6.92. The zero-order valence-electron chi connectivity index (χ0n) is 21.7. The minimum absolute atomic E-state index is 0.0885. The molecule has 0 saturated carbocycles. The predicted molar refractivity (Wildman–Crippen MR) is 150 cm³/mol. The van der Waals surface area contributed by atoms with Crippen LogP contribution in [0, 0.1) is 20.8 Å². The molecule has 0 aliphatic carbocycles. The fourth-order valence-electron chi connectivity index (χ4n) is 3.93. The highest BCUT2D eigenvalue weighted by molar-refractivity contribution is 9.10. The Morgan fingerprint density at radius 3 is 2.16 bits per heavy atom.